The predicted molar refractivity (Wildman–Crippen MR) is 53.1 cm³/mol. The standard InChI is InChI=1S/C10H13OSi/c1-12(2,3)10-7-5-4-6-9(10)8-11/h4-7H,1-3H3/q+1. The zero-order chi connectivity index (χ0) is 9.19. The quantitative estimate of drug-likeness (QED) is 0.462. The monoisotopic (exact) mass is 177 g/mol. The molecule has 1 aromatic carbocycles. The zero-order valence-corrected chi connectivity index (χ0v) is 8.72. The first-order valence-corrected chi connectivity index (χ1v) is 7.53. The molecule has 0 bridgehead atoms. The molecular formula is C10H13OSi+. The van der Waals surface area contributed by atoms with Crippen molar-refractivity contribution in [2.24, 2.45) is 0 Å². The van der Waals surface area contributed by atoms with Crippen LogP contribution in [0.2, 0.25) is 19.6 Å². The predicted octanol–water partition coefficient (Wildman–Crippen LogP) is 1.97. The minimum absolute atomic E-state index is 0.733. The van der Waals surface area contributed by atoms with Crippen molar-refractivity contribution in [3.63, 3.8) is 0 Å². The second-order valence-corrected chi connectivity index (χ2v) is 8.94. The molecule has 0 aliphatic rings. The Morgan fingerprint density at radius 3 is 2.17 bits per heavy atom. The fourth-order valence-corrected chi connectivity index (χ4v) is 2.76. The van der Waals surface area contributed by atoms with Crippen LogP contribution in [0.5, 0.6) is 0 Å². The molecule has 0 atom stereocenters. The number of benzene rings is 1. The van der Waals surface area contributed by atoms with E-state index in [9.17, 15) is 4.65 Å². The van der Waals surface area contributed by atoms with Gasteiger partial charge < -0.3 is 0 Å². The third-order valence-electron chi connectivity index (χ3n) is 1.85. The van der Waals surface area contributed by atoms with Crippen LogP contribution in [0.3, 0.4) is 0 Å². The van der Waals surface area contributed by atoms with Crippen LogP contribution < -0.4 is 5.19 Å². The van der Waals surface area contributed by atoms with Gasteiger partial charge in [-0.25, -0.2) is 0 Å². The van der Waals surface area contributed by atoms with E-state index in [4.69, 9.17) is 0 Å². The molecular weight excluding hydrogens is 164 g/mol. The Morgan fingerprint density at radius 2 is 1.75 bits per heavy atom. The molecule has 12 heavy (non-hydrogen) atoms. The molecule has 0 fully saturated rings. The summed E-state index contributed by atoms with van der Waals surface area (Å²) < 4.78 is 10.6. The van der Waals surface area contributed by atoms with Crippen molar-refractivity contribution in [3.8, 4) is 6.15 Å². The van der Waals surface area contributed by atoms with Gasteiger partial charge in [0.1, 0.15) is 0 Å². The summed E-state index contributed by atoms with van der Waals surface area (Å²) in [4.78, 5) is 0. The van der Waals surface area contributed by atoms with Crippen LogP contribution >= 0.6 is 0 Å². The van der Waals surface area contributed by atoms with E-state index in [0.29, 0.717) is 0 Å². The fraction of sp³-hybridized carbons (Fsp3) is 0.300. The maximum absolute atomic E-state index is 10.6. The summed E-state index contributed by atoms with van der Waals surface area (Å²) in [5.41, 5.74) is 0.733. The van der Waals surface area contributed by atoms with E-state index in [1.807, 2.05) is 30.4 Å². The molecule has 2 heteroatoms. The summed E-state index contributed by atoms with van der Waals surface area (Å²) in [5, 5.41) is 1.19. The Balaban J connectivity index is 3.26. The summed E-state index contributed by atoms with van der Waals surface area (Å²) in [6, 6.07) is 7.73. The summed E-state index contributed by atoms with van der Waals surface area (Å²) >= 11 is 0. The molecule has 0 heterocycles. The van der Waals surface area contributed by atoms with Crippen molar-refractivity contribution in [2.45, 2.75) is 19.6 Å². The summed E-state index contributed by atoms with van der Waals surface area (Å²) in [7, 11) is -1.36. The number of hydrogen-bond donors (Lipinski definition) is 0. The van der Waals surface area contributed by atoms with Crippen molar-refractivity contribution in [1.29, 1.82) is 0 Å². The first-order chi connectivity index (χ1) is 5.55. The van der Waals surface area contributed by atoms with Gasteiger partial charge >= 0.3 is 73.5 Å². The van der Waals surface area contributed by atoms with Crippen molar-refractivity contribution in [3.05, 3.63) is 29.8 Å². The Morgan fingerprint density at radius 1 is 1.17 bits per heavy atom. The Kier molecular flexibility index (Phi) is 2.53. The van der Waals surface area contributed by atoms with Crippen molar-refractivity contribution >= 4 is 13.3 Å². The van der Waals surface area contributed by atoms with E-state index in [1.54, 1.807) is 0 Å². The molecule has 1 rings (SSSR count). The maximum atomic E-state index is 10.6. The first kappa shape index (κ1) is 9.27. The Hall–Kier alpha value is -0.823. The van der Waals surface area contributed by atoms with Crippen molar-refractivity contribution < 1.29 is 4.65 Å². The van der Waals surface area contributed by atoms with Gasteiger partial charge in [0.25, 0.3) is 0 Å². The van der Waals surface area contributed by atoms with Crippen LogP contribution in [0.25, 0.3) is 0 Å². The summed E-state index contributed by atoms with van der Waals surface area (Å²) in [6.45, 7) is 6.68. The average Bonchev–Trinajstić information content (AvgIpc) is 2.03. The van der Waals surface area contributed by atoms with E-state index < -0.39 is 8.07 Å². The molecule has 0 radical (unpaired) electrons. The fourth-order valence-electron chi connectivity index (χ4n) is 1.23. The molecule has 1 aromatic rings. The van der Waals surface area contributed by atoms with Gasteiger partial charge in [0.05, 0.1) is 0 Å². The molecule has 0 unspecified atom stereocenters. The van der Waals surface area contributed by atoms with Crippen LogP contribution in [-0.2, 0) is 4.65 Å². The molecule has 0 saturated carbocycles. The number of hydrogen-bond acceptors (Lipinski definition) is 0. The van der Waals surface area contributed by atoms with E-state index in [2.05, 4.69) is 19.6 Å². The molecule has 0 aliphatic carbocycles. The molecule has 0 amide bonds. The molecule has 0 N–H and O–H groups in total. The van der Waals surface area contributed by atoms with E-state index in [1.165, 1.54) is 5.19 Å². The SMILES string of the molecule is C[Si](C)(C)c1ccccc1C#[O+]. The van der Waals surface area contributed by atoms with E-state index >= 15 is 0 Å². The van der Waals surface area contributed by atoms with Crippen molar-refractivity contribution in [2.75, 3.05) is 0 Å². The zero-order valence-electron chi connectivity index (χ0n) is 7.72. The molecule has 0 aliphatic heterocycles. The van der Waals surface area contributed by atoms with E-state index in [0.717, 1.165) is 5.56 Å². The molecule has 0 saturated heterocycles. The van der Waals surface area contributed by atoms with Gasteiger partial charge in [-0.05, 0) is 0 Å². The van der Waals surface area contributed by atoms with Crippen LogP contribution in [0.1, 0.15) is 5.56 Å². The second kappa shape index (κ2) is 3.28. The van der Waals surface area contributed by atoms with Gasteiger partial charge in [-0.3, -0.25) is 0 Å². The van der Waals surface area contributed by atoms with Gasteiger partial charge in [0.15, 0.2) is 0 Å². The van der Waals surface area contributed by atoms with Crippen LogP contribution in [0.4, 0.5) is 0 Å². The summed E-state index contributed by atoms with van der Waals surface area (Å²) in [6.07, 6.45) is 1.99. The van der Waals surface area contributed by atoms with E-state index in [-0.39, 0.29) is 0 Å². The van der Waals surface area contributed by atoms with Gasteiger partial charge in [-0.1, -0.05) is 0 Å². The van der Waals surface area contributed by atoms with Gasteiger partial charge in [-0.15, -0.1) is 0 Å². The normalized spacial score (nSPS) is 10.8. The van der Waals surface area contributed by atoms with Gasteiger partial charge in [-0.2, -0.15) is 0 Å². The molecule has 62 valence electrons. The van der Waals surface area contributed by atoms with Gasteiger partial charge in [0, 0.05) is 0 Å². The first-order valence-electron chi connectivity index (χ1n) is 4.03. The second-order valence-electron chi connectivity index (χ2n) is 3.90. The number of rotatable bonds is 1. The van der Waals surface area contributed by atoms with Gasteiger partial charge in [0.2, 0.25) is 0 Å². The third kappa shape index (κ3) is 1.86. The topological polar surface area (TPSA) is 19.9 Å². The minimum atomic E-state index is -1.36. The molecule has 0 spiro atoms. The Bertz CT molecular complexity index is 317. The van der Waals surface area contributed by atoms with Crippen molar-refractivity contribution in [1.82, 2.24) is 0 Å². The Labute approximate surface area is 74.2 Å². The molecule has 0 aromatic heterocycles. The van der Waals surface area contributed by atoms with Crippen LogP contribution in [0.15, 0.2) is 24.3 Å². The van der Waals surface area contributed by atoms with Crippen LogP contribution in [0, 0.1) is 6.15 Å². The average molecular weight is 177 g/mol. The van der Waals surface area contributed by atoms with Crippen LogP contribution in [-0.4, -0.2) is 8.07 Å². The third-order valence-corrected chi connectivity index (χ3v) is 3.90. The summed E-state index contributed by atoms with van der Waals surface area (Å²) in [5.74, 6) is 0. The molecule has 1 nitrogen and oxygen atoms in total.